The Labute approximate surface area is 118 Å². The summed E-state index contributed by atoms with van der Waals surface area (Å²) >= 11 is 3.31. The lowest BCUT2D eigenvalue weighted by Gasteiger charge is -2.21. The van der Waals surface area contributed by atoms with E-state index in [4.69, 9.17) is 9.47 Å². The van der Waals surface area contributed by atoms with Gasteiger partial charge in [-0.15, -0.1) is 0 Å². The normalized spacial score (nSPS) is 19.1. The lowest BCUT2D eigenvalue weighted by Crippen LogP contribution is -2.34. The van der Waals surface area contributed by atoms with E-state index in [1.165, 1.54) is 0 Å². The zero-order valence-electron chi connectivity index (χ0n) is 11.2. The van der Waals surface area contributed by atoms with Crippen molar-refractivity contribution in [2.24, 2.45) is 0 Å². The van der Waals surface area contributed by atoms with Gasteiger partial charge in [0.05, 0.1) is 19.3 Å². The van der Waals surface area contributed by atoms with Crippen molar-refractivity contribution < 1.29 is 14.3 Å². The molecule has 1 rings (SSSR count). The summed E-state index contributed by atoms with van der Waals surface area (Å²) < 4.78 is 10.9. The molecule has 106 valence electrons. The topological polar surface area (TPSA) is 38.8 Å². The highest BCUT2D eigenvalue weighted by Gasteiger charge is 2.18. The third-order valence-corrected chi connectivity index (χ3v) is 3.49. The molecule has 1 aliphatic heterocycles. The van der Waals surface area contributed by atoms with Crippen molar-refractivity contribution in [1.29, 1.82) is 0 Å². The Morgan fingerprint density at radius 1 is 1.50 bits per heavy atom. The van der Waals surface area contributed by atoms with Crippen molar-refractivity contribution in [1.82, 2.24) is 4.90 Å². The van der Waals surface area contributed by atoms with Crippen LogP contribution < -0.4 is 0 Å². The molecule has 0 aromatic rings. The molecule has 4 nitrogen and oxygen atoms in total. The Kier molecular flexibility index (Phi) is 8.63. The minimum Gasteiger partial charge on any atom is -0.379 e. The van der Waals surface area contributed by atoms with E-state index in [9.17, 15) is 4.79 Å². The number of amides is 1. The maximum atomic E-state index is 12.0. The highest BCUT2D eigenvalue weighted by atomic mass is 79.9. The number of ether oxygens (including phenoxy) is 2. The van der Waals surface area contributed by atoms with Crippen molar-refractivity contribution >= 4 is 21.8 Å². The van der Waals surface area contributed by atoms with E-state index in [-0.39, 0.29) is 5.91 Å². The summed E-state index contributed by atoms with van der Waals surface area (Å²) in [5.41, 5.74) is 0. The molecule has 0 radical (unpaired) electrons. The van der Waals surface area contributed by atoms with E-state index in [1.807, 2.05) is 11.8 Å². The third-order valence-electron chi connectivity index (χ3n) is 3.17. The zero-order chi connectivity index (χ0) is 13.2. The van der Waals surface area contributed by atoms with Gasteiger partial charge in [0.2, 0.25) is 5.91 Å². The zero-order valence-corrected chi connectivity index (χ0v) is 12.8. The lowest BCUT2D eigenvalue weighted by atomic mass is 10.1. The molecule has 0 N–H and O–H groups in total. The molecular formula is C13H24BrNO3. The summed E-state index contributed by atoms with van der Waals surface area (Å²) in [5, 5.41) is 0.839. The van der Waals surface area contributed by atoms with Gasteiger partial charge in [0.15, 0.2) is 0 Å². The molecule has 0 aromatic heterocycles. The maximum Gasteiger partial charge on any atom is 0.222 e. The fourth-order valence-corrected chi connectivity index (χ4v) is 2.33. The molecule has 1 amide bonds. The van der Waals surface area contributed by atoms with Crippen LogP contribution in [0.1, 0.15) is 32.6 Å². The van der Waals surface area contributed by atoms with E-state index in [2.05, 4.69) is 15.9 Å². The Hall–Kier alpha value is -0.130. The van der Waals surface area contributed by atoms with Gasteiger partial charge in [-0.25, -0.2) is 0 Å². The predicted octanol–water partition coefficient (Wildman–Crippen LogP) is 2.21. The van der Waals surface area contributed by atoms with Crippen LogP contribution in [0.25, 0.3) is 0 Å². The second-order valence-electron chi connectivity index (χ2n) is 4.45. The van der Waals surface area contributed by atoms with Crippen molar-refractivity contribution in [3.63, 3.8) is 0 Å². The minimum atomic E-state index is 0.218. The van der Waals surface area contributed by atoms with Crippen LogP contribution in [0.15, 0.2) is 0 Å². The number of nitrogens with zero attached hydrogens (tertiary/aromatic N) is 1. The lowest BCUT2D eigenvalue weighted by molar-refractivity contribution is -0.132. The van der Waals surface area contributed by atoms with Crippen molar-refractivity contribution in [2.45, 2.75) is 38.7 Å². The minimum absolute atomic E-state index is 0.218. The highest BCUT2D eigenvalue weighted by Crippen LogP contribution is 2.17. The van der Waals surface area contributed by atoms with E-state index in [0.717, 1.165) is 37.7 Å². The molecule has 5 heteroatoms. The standard InChI is InChI=1S/C13H24BrNO3/c1-2-15(8-11-17-10-7-14)13(16)6-5-12-4-3-9-18-12/h12H,2-11H2,1H3. The summed E-state index contributed by atoms with van der Waals surface area (Å²) in [4.78, 5) is 13.9. The molecular weight excluding hydrogens is 298 g/mol. The van der Waals surface area contributed by atoms with Crippen molar-refractivity contribution in [2.75, 3.05) is 38.2 Å². The van der Waals surface area contributed by atoms with Gasteiger partial charge in [-0.05, 0) is 26.2 Å². The summed E-state index contributed by atoms with van der Waals surface area (Å²) in [6.07, 6.45) is 4.00. The van der Waals surface area contributed by atoms with Gasteiger partial charge in [-0.1, -0.05) is 15.9 Å². The molecule has 0 bridgehead atoms. The molecule has 18 heavy (non-hydrogen) atoms. The fourth-order valence-electron chi connectivity index (χ4n) is 2.11. The van der Waals surface area contributed by atoms with Crippen molar-refractivity contribution in [3.8, 4) is 0 Å². The monoisotopic (exact) mass is 321 g/mol. The molecule has 1 aliphatic rings. The van der Waals surface area contributed by atoms with E-state index in [1.54, 1.807) is 0 Å². The van der Waals surface area contributed by atoms with Gasteiger partial charge in [0.25, 0.3) is 0 Å². The summed E-state index contributed by atoms with van der Waals surface area (Å²) in [7, 11) is 0. The number of halogens is 1. The summed E-state index contributed by atoms with van der Waals surface area (Å²) in [6.45, 7) is 5.62. The molecule has 0 aromatic carbocycles. The second-order valence-corrected chi connectivity index (χ2v) is 5.24. The van der Waals surface area contributed by atoms with Crippen LogP contribution in [0.5, 0.6) is 0 Å². The van der Waals surface area contributed by atoms with Crippen molar-refractivity contribution in [3.05, 3.63) is 0 Å². The Balaban J connectivity index is 2.14. The average molecular weight is 322 g/mol. The van der Waals surface area contributed by atoms with Crippen LogP contribution in [-0.4, -0.2) is 55.2 Å². The van der Waals surface area contributed by atoms with Gasteiger partial charge in [0, 0.05) is 31.4 Å². The number of hydrogen-bond acceptors (Lipinski definition) is 3. The smallest absolute Gasteiger partial charge is 0.222 e. The molecule has 1 saturated heterocycles. The summed E-state index contributed by atoms with van der Waals surface area (Å²) in [5.74, 6) is 0.218. The van der Waals surface area contributed by atoms with Gasteiger partial charge in [-0.3, -0.25) is 4.79 Å². The number of likely N-dealkylation sites (N-methyl/N-ethyl adjacent to an activating group) is 1. The molecule has 0 aliphatic carbocycles. The second kappa shape index (κ2) is 9.75. The SMILES string of the molecule is CCN(CCOCCBr)C(=O)CCC1CCCO1. The van der Waals surface area contributed by atoms with Gasteiger partial charge in [0.1, 0.15) is 0 Å². The van der Waals surface area contributed by atoms with E-state index >= 15 is 0 Å². The number of carbonyl (C=O) groups is 1. The molecule has 0 saturated carbocycles. The summed E-state index contributed by atoms with van der Waals surface area (Å²) in [6, 6.07) is 0. The first-order chi connectivity index (χ1) is 8.77. The number of alkyl halides is 1. The first-order valence-corrected chi connectivity index (χ1v) is 7.93. The van der Waals surface area contributed by atoms with Crippen LogP contribution in [0.4, 0.5) is 0 Å². The molecule has 1 atom stereocenters. The number of carbonyl (C=O) groups excluding carboxylic acids is 1. The van der Waals surface area contributed by atoms with Crippen LogP contribution in [0.3, 0.4) is 0 Å². The van der Waals surface area contributed by atoms with Gasteiger partial charge < -0.3 is 14.4 Å². The molecule has 1 unspecified atom stereocenters. The predicted molar refractivity (Wildman–Crippen MR) is 75.1 cm³/mol. The largest absolute Gasteiger partial charge is 0.379 e. The first-order valence-electron chi connectivity index (χ1n) is 6.81. The Morgan fingerprint density at radius 3 is 2.94 bits per heavy atom. The maximum absolute atomic E-state index is 12.0. The van der Waals surface area contributed by atoms with Gasteiger partial charge >= 0.3 is 0 Å². The quantitative estimate of drug-likeness (QED) is 0.483. The average Bonchev–Trinajstić information content (AvgIpc) is 2.89. The van der Waals surface area contributed by atoms with Crippen LogP contribution in [-0.2, 0) is 14.3 Å². The molecule has 0 spiro atoms. The van der Waals surface area contributed by atoms with E-state index < -0.39 is 0 Å². The Bertz CT molecular complexity index is 232. The number of hydrogen-bond donors (Lipinski definition) is 0. The molecule has 1 fully saturated rings. The van der Waals surface area contributed by atoms with Crippen LogP contribution >= 0.6 is 15.9 Å². The van der Waals surface area contributed by atoms with Crippen LogP contribution in [0.2, 0.25) is 0 Å². The van der Waals surface area contributed by atoms with Crippen LogP contribution in [0, 0.1) is 0 Å². The van der Waals surface area contributed by atoms with E-state index in [0.29, 0.717) is 32.3 Å². The Morgan fingerprint density at radius 2 is 2.33 bits per heavy atom. The van der Waals surface area contributed by atoms with Gasteiger partial charge in [-0.2, -0.15) is 0 Å². The molecule has 1 heterocycles. The number of rotatable bonds is 9. The first kappa shape index (κ1) is 15.9. The fraction of sp³-hybridized carbons (Fsp3) is 0.923. The highest BCUT2D eigenvalue weighted by molar-refractivity contribution is 9.09. The third kappa shape index (κ3) is 6.16.